The Hall–Kier alpha value is -3.74. The number of nitrogens with one attached hydrogen (secondary N) is 2. The van der Waals surface area contributed by atoms with E-state index < -0.39 is 4.92 Å². The number of nitro benzene ring substituents is 1. The number of benzene rings is 2. The van der Waals surface area contributed by atoms with Crippen LogP contribution in [0.4, 0.5) is 11.4 Å². The zero-order chi connectivity index (χ0) is 19.1. The summed E-state index contributed by atoms with van der Waals surface area (Å²) in [5.74, 6) is -0.378. The topological polar surface area (TPSA) is 97.2 Å². The zero-order valence-corrected chi connectivity index (χ0v) is 14.5. The number of nitro groups is 1. The van der Waals surface area contributed by atoms with Crippen LogP contribution in [0.15, 0.2) is 73.1 Å². The average Bonchev–Trinajstić information content (AvgIpc) is 2.72. The highest BCUT2D eigenvalue weighted by molar-refractivity contribution is 5.95. The van der Waals surface area contributed by atoms with Crippen LogP contribution >= 0.6 is 0 Å². The number of anilines is 1. The zero-order valence-electron chi connectivity index (χ0n) is 14.5. The Morgan fingerprint density at radius 3 is 2.48 bits per heavy atom. The van der Waals surface area contributed by atoms with Crippen LogP contribution in [0.3, 0.4) is 0 Å². The normalized spacial score (nSPS) is 10.2. The molecule has 0 unspecified atom stereocenters. The number of nitrogens with zero attached hydrogens (tertiary/aromatic N) is 2. The van der Waals surface area contributed by atoms with Gasteiger partial charge in [0.2, 0.25) is 0 Å². The molecule has 0 fully saturated rings. The summed E-state index contributed by atoms with van der Waals surface area (Å²) in [5.41, 5.74) is 2.31. The summed E-state index contributed by atoms with van der Waals surface area (Å²) in [6.45, 7) is 0.753. The van der Waals surface area contributed by atoms with Gasteiger partial charge in [0.15, 0.2) is 0 Å². The molecule has 0 aliphatic rings. The molecule has 0 saturated carbocycles. The number of hydrogen-bond acceptors (Lipinski definition) is 5. The smallest absolute Gasteiger partial charge is 0.293 e. The minimum Gasteiger partial charge on any atom is -0.375 e. The predicted octanol–water partition coefficient (Wildman–Crippen LogP) is 3.53. The number of rotatable bonds is 7. The number of carbonyl (C=O) groups is 1. The van der Waals surface area contributed by atoms with Gasteiger partial charge in [0.1, 0.15) is 5.69 Å². The Kier molecular flexibility index (Phi) is 5.73. The van der Waals surface area contributed by atoms with Gasteiger partial charge in [0, 0.05) is 37.1 Å². The maximum absolute atomic E-state index is 12.3. The standard InChI is InChI=1S/C20H18N4O3/c25-20(23-14-16-7-4-10-21-12-16)17-8-9-18(19(11-17)24(26)27)22-13-15-5-2-1-3-6-15/h1-12,22H,13-14H2,(H,23,25). The van der Waals surface area contributed by atoms with E-state index in [0.717, 1.165) is 11.1 Å². The second kappa shape index (κ2) is 8.57. The van der Waals surface area contributed by atoms with Gasteiger partial charge in [-0.25, -0.2) is 0 Å². The SMILES string of the molecule is O=C(NCc1cccnc1)c1ccc(NCc2ccccc2)c([N+](=O)[O-])c1. The van der Waals surface area contributed by atoms with Crippen molar-refractivity contribution in [2.75, 3.05) is 5.32 Å². The van der Waals surface area contributed by atoms with Crippen LogP contribution in [0, 0.1) is 10.1 Å². The molecule has 1 aromatic heterocycles. The Morgan fingerprint density at radius 2 is 1.78 bits per heavy atom. The molecule has 136 valence electrons. The van der Waals surface area contributed by atoms with E-state index in [-0.39, 0.29) is 17.2 Å². The lowest BCUT2D eigenvalue weighted by Crippen LogP contribution is -2.23. The van der Waals surface area contributed by atoms with E-state index in [9.17, 15) is 14.9 Å². The van der Waals surface area contributed by atoms with Gasteiger partial charge >= 0.3 is 0 Å². The molecule has 3 aromatic rings. The van der Waals surface area contributed by atoms with Crippen molar-refractivity contribution in [3.63, 3.8) is 0 Å². The molecule has 0 atom stereocenters. The fraction of sp³-hybridized carbons (Fsp3) is 0.100. The largest absolute Gasteiger partial charge is 0.375 e. The van der Waals surface area contributed by atoms with E-state index >= 15 is 0 Å². The maximum atomic E-state index is 12.3. The first-order valence-electron chi connectivity index (χ1n) is 8.37. The number of aromatic nitrogens is 1. The van der Waals surface area contributed by atoms with Crippen LogP contribution in [0.5, 0.6) is 0 Å². The number of hydrogen-bond donors (Lipinski definition) is 2. The Morgan fingerprint density at radius 1 is 1.00 bits per heavy atom. The van der Waals surface area contributed by atoms with E-state index in [1.807, 2.05) is 36.4 Å². The molecule has 2 N–H and O–H groups in total. The van der Waals surface area contributed by atoms with Crippen molar-refractivity contribution in [3.05, 3.63) is 99.9 Å². The van der Waals surface area contributed by atoms with Gasteiger partial charge in [-0.1, -0.05) is 36.4 Å². The summed E-state index contributed by atoms with van der Waals surface area (Å²) in [7, 11) is 0. The lowest BCUT2D eigenvalue weighted by molar-refractivity contribution is -0.384. The molecule has 0 aliphatic heterocycles. The molecule has 0 aliphatic carbocycles. The van der Waals surface area contributed by atoms with E-state index in [4.69, 9.17) is 0 Å². The highest BCUT2D eigenvalue weighted by atomic mass is 16.6. The summed E-state index contributed by atoms with van der Waals surface area (Å²) < 4.78 is 0. The van der Waals surface area contributed by atoms with Crippen LogP contribution in [0.2, 0.25) is 0 Å². The number of pyridine rings is 1. The van der Waals surface area contributed by atoms with Crippen molar-refractivity contribution in [1.29, 1.82) is 0 Å². The van der Waals surface area contributed by atoms with Crippen molar-refractivity contribution < 1.29 is 9.72 Å². The lowest BCUT2D eigenvalue weighted by atomic mass is 10.1. The predicted molar refractivity (Wildman–Crippen MR) is 102 cm³/mol. The van der Waals surface area contributed by atoms with Crippen molar-refractivity contribution in [2.45, 2.75) is 13.1 Å². The molecule has 0 spiro atoms. The number of carbonyl (C=O) groups excluding carboxylic acids is 1. The minimum atomic E-state index is -0.495. The van der Waals surface area contributed by atoms with Crippen molar-refractivity contribution >= 4 is 17.3 Å². The highest BCUT2D eigenvalue weighted by Crippen LogP contribution is 2.26. The summed E-state index contributed by atoms with van der Waals surface area (Å²) in [4.78, 5) is 27.2. The first-order valence-corrected chi connectivity index (χ1v) is 8.37. The van der Waals surface area contributed by atoms with Gasteiger partial charge in [-0.15, -0.1) is 0 Å². The summed E-state index contributed by atoms with van der Waals surface area (Å²) in [6.07, 6.45) is 3.30. The summed E-state index contributed by atoms with van der Waals surface area (Å²) in [5, 5.41) is 17.2. The molecular formula is C20H18N4O3. The molecule has 3 rings (SSSR count). The lowest BCUT2D eigenvalue weighted by Gasteiger charge is -2.09. The van der Waals surface area contributed by atoms with E-state index in [0.29, 0.717) is 18.8 Å². The Labute approximate surface area is 156 Å². The van der Waals surface area contributed by atoms with Crippen LogP contribution < -0.4 is 10.6 Å². The van der Waals surface area contributed by atoms with Crippen LogP contribution in [-0.2, 0) is 13.1 Å². The minimum absolute atomic E-state index is 0.139. The summed E-state index contributed by atoms with van der Waals surface area (Å²) >= 11 is 0. The molecule has 0 bridgehead atoms. The Balaban J connectivity index is 1.70. The van der Waals surface area contributed by atoms with Crippen LogP contribution in [0.25, 0.3) is 0 Å². The van der Waals surface area contributed by atoms with Gasteiger partial charge in [-0.3, -0.25) is 19.9 Å². The second-order valence-corrected chi connectivity index (χ2v) is 5.87. The van der Waals surface area contributed by atoms with Gasteiger partial charge in [0.25, 0.3) is 11.6 Å². The Bertz CT molecular complexity index is 930. The van der Waals surface area contributed by atoms with Gasteiger partial charge in [-0.05, 0) is 29.3 Å². The van der Waals surface area contributed by atoms with E-state index in [2.05, 4.69) is 15.6 Å². The summed E-state index contributed by atoms with van der Waals surface area (Å²) in [6, 6.07) is 17.6. The molecule has 7 heteroatoms. The molecule has 2 aromatic carbocycles. The highest BCUT2D eigenvalue weighted by Gasteiger charge is 2.17. The average molecular weight is 362 g/mol. The van der Waals surface area contributed by atoms with Crippen LogP contribution in [0.1, 0.15) is 21.5 Å². The fourth-order valence-corrected chi connectivity index (χ4v) is 2.55. The molecule has 0 radical (unpaired) electrons. The molecule has 27 heavy (non-hydrogen) atoms. The number of amides is 1. The van der Waals surface area contributed by atoms with Crippen molar-refractivity contribution in [3.8, 4) is 0 Å². The third kappa shape index (κ3) is 4.88. The molecule has 1 heterocycles. The van der Waals surface area contributed by atoms with E-state index in [1.54, 1.807) is 30.6 Å². The van der Waals surface area contributed by atoms with E-state index in [1.165, 1.54) is 6.07 Å². The maximum Gasteiger partial charge on any atom is 0.293 e. The van der Waals surface area contributed by atoms with Gasteiger partial charge in [-0.2, -0.15) is 0 Å². The molecule has 0 saturated heterocycles. The van der Waals surface area contributed by atoms with Crippen molar-refractivity contribution in [1.82, 2.24) is 10.3 Å². The third-order valence-electron chi connectivity index (χ3n) is 3.96. The van der Waals surface area contributed by atoms with Crippen LogP contribution in [-0.4, -0.2) is 15.8 Å². The fourth-order valence-electron chi connectivity index (χ4n) is 2.55. The first-order chi connectivity index (χ1) is 13.1. The first kappa shape index (κ1) is 18.1. The molecule has 7 nitrogen and oxygen atoms in total. The quantitative estimate of drug-likeness (QED) is 0.495. The second-order valence-electron chi connectivity index (χ2n) is 5.87. The van der Waals surface area contributed by atoms with Gasteiger partial charge in [0.05, 0.1) is 4.92 Å². The third-order valence-corrected chi connectivity index (χ3v) is 3.96. The molecular weight excluding hydrogens is 344 g/mol. The van der Waals surface area contributed by atoms with Crippen molar-refractivity contribution in [2.24, 2.45) is 0 Å². The molecule has 1 amide bonds. The monoisotopic (exact) mass is 362 g/mol. The van der Waals surface area contributed by atoms with Gasteiger partial charge < -0.3 is 10.6 Å².